The Hall–Kier alpha value is -2.76. The standard InChI is InChI=1S/C17H22N2.C4H4O4/c1-3-12-8-15-13-5-4-6-16-17(13)11(9-18-16)7-14(15)10(2)19-12;5-3(6)1-2-4(7)8/h6,8,10,14,18-19H,3-5,7,9H2,1-2H3;1-2H,(H,5,6)(H,7,8)/b;2-1-. The third kappa shape index (κ3) is 3.99. The zero-order chi connectivity index (χ0) is 19.6. The lowest BCUT2D eigenvalue weighted by molar-refractivity contribution is -0.134. The maximum absolute atomic E-state index is 9.55. The van der Waals surface area contributed by atoms with Gasteiger partial charge < -0.3 is 20.8 Å². The Morgan fingerprint density at radius 3 is 2.59 bits per heavy atom. The number of carboxylic acids is 2. The van der Waals surface area contributed by atoms with Crippen molar-refractivity contribution in [1.82, 2.24) is 10.6 Å². The van der Waals surface area contributed by atoms with Crippen LogP contribution in [-0.4, -0.2) is 34.7 Å². The van der Waals surface area contributed by atoms with Gasteiger partial charge in [-0.2, -0.15) is 0 Å². The van der Waals surface area contributed by atoms with E-state index >= 15 is 0 Å². The molecular formula is C21H26N2O4. The Morgan fingerprint density at radius 1 is 1.26 bits per heavy atom. The molecule has 2 aliphatic carbocycles. The quantitative estimate of drug-likeness (QED) is 0.570. The van der Waals surface area contributed by atoms with E-state index in [9.17, 15) is 9.59 Å². The Morgan fingerprint density at radius 2 is 1.96 bits per heavy atom. The molecule has 2 aliphatic heterocycles. The van der Waals surface area contributed by atoms with Crippen LogP contribution in [0.5, 0.6) is 0 Å². The third-order valence-electron chi connectivity index (χ3n) is 5.47. The van der Waals surface area contributed by atoms with Crippen LogP contribution < -0.4 is 10.6 Å². The highest BCUT2D eigenvalue weighted by Gasteiger charge is 2.37. The highest BCUT2D eigenvalue weighted by atomic mass is 16.4. The minimum Gasteiger partial charge on any atom is -0.478 e. The number of hydrogen-bond donors (Lipinski definition) is 4. The second kappa shape index (κ2) is 7.86. The van der Waals surface area contributed by atoms with E-state index in [1.54, 1.807) is 22.3 Å². The number of carbonyl (C=O) groups is 2. The predicted octanol–water partition coefficient (Wildman–Crippen LogP) is 2.88. The smallest absolute Gasteiger partial charge is 0.328 e. The molecule has 0 saturated heterocycles. The van der Waals surface area contributed by atoms with Crippen LogP contribution in [-0.2, 0) is 9.59 Å². The molecule has 0 radical (unpaired) electrons. The van der Waals surface area contributed by atoms with Gasteiger partial charge in [0, 0.05) is 47.6 Å². The van der Waals surface area contributed by atoms with Gasteiger partial charge in [-0.1, -0.05) is 13.0 Å². The molecule has 144 valence electrons. The molecule has 0 fully saturated rings. The first-order valence-corrected chi connectivity index (χ1v) is 9.41. The van der Waals surface area contributed by atoms with Crippen molar-refractivity contribution in [2.75, 3.05) is 6.54 Å². The van der Waals surface area contributed by atoms with Crippen molar-refractivity contribution < 1.29 is 19.8 Å². The molecule has 0 amide bonds. The summed E-state index contributed by atoms with van der Waals surface area (Å²) >= 11 is 0. The summed E-state index contributed by atoms with van der Waals surface area (Å²) < 4.78 is 0. The average molecular weight is 370 g/mol. The summed E-state index contributed by atoms with van der Waals surface area (Å²) in [6.45, 7) is 5.67. The van der Waals surface area contributed by atoms with Crippen LogP contribution >= 0.6 is 0 Å². The number of aliphatic carboxylic acids is 2. The first-order valence-electron chi connectivity index (χ1n) is 9.41. The number of rotatable bonds is 3. The van der Waals surface area contributed by atoms with Crippen molar-refractivity contribution in [3.63, 3.8) is 0 Å². The highest BCUT2D eigenvalue weighted by molar-refractivity contribution is 5.89. The van der Waals surface area contributed by atoms with Crippen LogP contribution in [0.4, 0.5) is 0 Å². The molecule has 2 heterocycles. The number of fused-ring (bicyclic) bond motifs is 1. The van der Waals surface area contributed by atoms with Crippen LogP contribution in [0.25, 0.3) is 0 Å². The number of allylic oxidation sites excluding steroid dienone is 4. The number of carboxylic acid groups (broad SMARTS) is 2. The molecule has 0 spiro atoms. The van der Waals surface area contributed by atoms with Crippen LogP contribution in [0.15, 0.2) is 58.0 Å². The Kier molecular flexibility index (Phi) is 5.54. The van der Waals surface area contributed by atoms with Crippen molar-refractivity contribution in [2.24, 2.45) is 5.92 Å². The largest absolute Gasteiger partial charge is 0.478 e. The normalized spacial score (nSPS) is 25.4. The van der Waals surface area contributed by atoms with E-state index in [2.05, 4.69) is 36.6 Å². The molecule has 6 nitrogen and oxygen atoms in total. The van der Waals surface area contributed by atoms with Crippen molar-refractivity contribution in [2.45, 2.75) is 45.6 Å². The van der Waals surface area contributed by atoms with E-state index in [0.717, 1.165) is 13.0 Å². The zero-order valence-corrected chi connectivity index (χ0v) is 15.7. The maximum Gasteiger partial charge on any atom is 0.328 e. The Bertz CT molecular complexity index is 798. The van der Waals surface area contributed by atoms with E-state index in [1.165, 1.54) is 30.7 Å². The minimum absolute atomic E-state index is 0.558. The van der Waals surface area contributed by atoms with Crippen LogP contribution in [0.3, 0.4) is 0 Å². The van der Waals surface area contributed by atoms with Crippen molar-refractivity contribution >= 4 is 11.9 Å². The molecule has 6 heteroatoms. The van der Waals surface area contributed by atoms with Crippen LogP contribution in [0.2, 0.25) is 0 Å². The summed E-state index contributed by atoms with van der Waals surface area (Å²) in [4.78, 5) is 19.1. The molecule has 4 N–H and O–H groups in total. The lowest BCUT2D eigenvalue weighted by atomic mass is 9.72. The number of nitrogens with one attached hydrogen (secondary N) is 2. The lowest BCUT2D eigenvalue weighted by Gasteiger charge is -2.38. The highest BCUT2D eigenvalue weighted by Crippen LogP contribution is 2.47. The van der Waals surface area contributed by atoms with E-state index in [1.807, 2.05) is 0 Å². The molecule has 2 unspecified atom stereocenters. The van der Waals surface area contributed by atoms with Gasteiger partial charge in [0.2, 0.25) is 0 Å². The second-order valence-electron chi connectivity index (χ2n) is 7.20. The summed E-state index contributed by atoms with van der Waals surface area (Å²) in [5, 5.41) is 22.9. The zero-order valence-electron chi connectivity index (χ0n) is 15.7. The monoisotopic (exact) mass is 370 g/mol. The fraction of sp³-hybridized carbons (Fsp3) is 0.429. The van der Waals surface area contributed by atoms with Gasteiger partial charge in [0.1, 0.15) is 0 Å². The molecule has 0 aromatic carbocycles. The SMILES string of the molecule is CCC1=CC2=C3CCC=C4NCC(=C43)CC2C(C)N1.O=C(O)/C=C\C(=O)O. The average Bonchev–Trinajstić information content (AvgIpc) is 3.06. The second-order valence-corrected chi connectivity index (χ2v) is 7.20. The lowest BCUT2D eigenvalue weighted by Crippen LogP contribution is -2.39. The first-order chi connectivity index (χ1) is 12.9. The summed E-state index contributed by atoms with van der Waals surface area (Å²) in [7, 11) is 0. The van der Waals surface area contributed by atoms with E-state index in [-0.39, 0.29) is 0 Å². The van der Waals surface area contributed by atoms with Crippen molar-refractivity contribution in [3.05, 3.63) is 58.0 Å². The number of hydrogen-bond acceptors (Lipinski definition) is 4. The Labute approximate surface area is 159 Å². The van der Waals surface area contributed by atoms with Gasteiger partial charge in [-0.25, -0.2) is 9.59 Å². The van der Waals surface area contributed by atoms with Gasteiger partial charge in [-0.3, -0.25) is 0 Å². The van der Waals surface area contributed by atoms with Gasteiger partial charge in [0.25, 0.3) is 0 Å². The van der Waals surface area contributed by atoms with Crippen molar-refractivity contribution in [3.8, 4) is 0 Å². The fourth-order valence-corrected chi connectivity index (χ4v) is 4.28. The van der Waals surface area contributed by atoms with Gasteiger partial charge in [0.15, 0.2) is 0 Å². The van der Waals surface area contributed by atoms with E-state index in [0.29, 0.717) is 24.1 Å². The molecule has 0 aromatic rings. The topological polar surface area (TPSA) is 98.7 Å². The first kappa shape index (κ1) is 19.0. The maximum atomic E-state index is 9.55. The predicted molar refractivity (Wildman–Crippen MR) is 103 cm³/mol. The fourth-order valence-electron chi connectivity index (χ4n) is 4.28. The van der Waals surface area contributed by atoms with Gasteiger partial charge >= 0.3 is 11.9 Å². The minimum atomic E-state index is -1.26. The van der Waals surface area contributed by atoms with E-state index < -0.39 is 11.9 Å². The summed E-state index contributed by atoms with van der Waals surface area (Å²) in [5.74, 6) is -1.83. The van der Waals surface area contributed by atoms with Crippen LogP contribution in [0, 0.1) is 5.92 Å². The molecule has 0 bridgehead atoms. The molecule has 0 aromatic heterocycles. The summed E-state index contributed by atoms with van der Waals surface area (Å²) in [5.41, 5.74) is 9.34. The summed E-state index contributed by atoms with van der Waals surface area (Å²) in [6.07, 6.45) is 10.7. The molecule has 27 heavy (non-hydrogen) atoms. The molecule has 4 aliphatic rings. The molecular weight excluding hydrogens is 344 g/mol. The summed E-state index contributed by atoms with van der Waals surface area (Å²) in [6, 6.07) is 0.575. The third-order valence-corrected chi connectivity index (χ3v) is 5.47. The van der Waals surface area contributed by atoms with Gasteiger partial charge in [0.05, 0.1) is 0 Å². The molecule has 2 atom stereocenters. The molecule has 0 saturated carbocycles. The molecule has 4 rings (SSSR count). The van der Waals surface area contributed by atoms with E-state index in [4.69, 9.17) is 10.2 Å². The van der Waals surface area contributed by atoms with Gasteiger partial charge in [-0.05, 0) is 55.4 Å². The van der Waals surface area contributed by atoms with Crippen molar-refractivity contribution in [1.29, 1.82) is 0 Å². The Balaban J connectivity index is 0.000000226. The van der Waals surface area contributed by atoms with Crippen LogP contribution in [0.1, 0.15) is 39.5 Å². The van der Waals surface area contributed by atoms with Gasteiger partial charge in [-0.15, -0.1) is 0 Å².